The predicted molar refractivity (Wildman–Crippen MR) is 106 cm³/mol. The van der Waals surface area contributed by atoms with E-state index in [2.05, 4.69) is 6.58 Å². The number of aldehydes is 1. The van der Waals surface area contributed by atoms with Crippen LogP contribution in [0.1, 0.15) is 40.0 Å². The zero-order valence-electron chi connectivity index (χ0n) is 17.5. The normalized spacial score (nSPS) is 31.2. The van der Waals surface area contributed by atoms with E-state index in [0.717, 1.165) is 0 Å². The highest BCUT2D eigenvalue weighted by Crippen LogP contribution is 2.37. The number of aliphatic hydroxyl groups excluding tert-OH is 1. The first kappa shape index (κ1) is 23.5. The zero-order valence-corrected chi connectivity index (χ0v) is 17.5. The number of ether oxygens (including phenoxy) is 3. The molecule has 164 valence electrons. The second kappa shape index (κ2) is 10.3. The van der Waals surface area contributed by atoms with Gasteiger partial charge in [-0.2, -0.15) is 0 Å². The molecule has 0 unspecified atom stereocenters. The van der Waals surface area contributed by atoms with Crippen molar-refractivity contribution in [3.8, 4) is 0 Å². The Morgan fingerprint density at radius 1 is 1.40 bits per heavy atom. The van der Waals surface area contributed by atoms with Gasteiger partial charge in [-0.3, -0.25) is 14.4 Å². The average molecular weight is 420 g/mol. The van der Waals surface area contributed by atoms with Gasteiger partial charge in [0, 0.05) is 18.1 Å². The average Bonchev–Trinajstić information content (AvgIpc) is 2.99. The lowest BCUT2D eigenvalue weighted by Gasteiger charge is -2.33. The van der Waals surface area contributed by atoms with E-state index in [9.17, 15) is 24.3 Å². The summed E-state index contributed by atoms with van der Waals surface area (Å²) < 4.78 is 16.5. The minimum atomic E-state index is -1.23. The lowest BCUT2D eigenvalue weighted by Crippen LogP contribution is -2.45. The van der Waals surface area contributed by atoms with Crippen LogP contribution in [-0.2, 0) is 33.4 Å². The molecule has 30 heavy (non-hydrogen) atoms. The van der Waals surface area contributed by atoms with Crippen molar-refractivity contribution in [3.63, 3.8) is 0 Å². The van der Waals surface area contributed by atoms with Crippen LogP contribution in [0.4, 0.5) is 0 Å². The molecule has 0 aromatic carbocycles. The molecule has 0 amide bonds. The van der Waals surface area contributed by atoms with E-state index < -0.39 is 48.1 Å². The van der Waals surface area contributed by atoms with Gasteiger partial charge in [0.2, 0.25) is 0 Å². The molecular weight excluding hydrogens is 392 g/mol. The highest BCUT2D eigenvalue weighted by atomic mass is 16.6. The molecule has 0 aromatic rings. The highest BCUT2D eigenvalue weighted by Gasteiger charge is 2.49. The first-order chi connectivity index (χ1) is 14.2. The SMILES string of the molecule is C=C1C(=O)O[C@@H]2/C=C(/CO)CC/C=C(/C=O)[C@H](OC(C)=O)[C@@H](OC(=O)[C@@H](C)CC)[C@@H]12. The Morgan fingerprint density at radius 2 is 2.10 bits per heavy atom. The summed E-state index contributed by atoms with van der Waals surface area (Å²) in [5.41, 5.74) is 0.752. The number of allylic oxidation sites excluding steroid dienone is 1. The lowest BCUT2D eigenvalue weighted by molar-refractivity contribution is -0.171. The maximum absolute atomic E-state index is 12.6. The van der Waals surface area contributed by atoms with Crippen molar-refractivity contribution in [2.24, 2.45) is 11.8 Å². The Bertz CT molecular complexity index is 778. The lowest BCUT2D eigenvalue weighted by atomic mass is 9.83. The van der Waals surface area contributed by atoms with Crippen LogP contribution in [0.15, 0.2) is 35.5 Å². The number of hydrogen-bond acceptors (Lipinski definition) is 8. The summed E-state index contributed by atoms with van der Waals surface area (Å²) in [4.78, 5) is 48.6. The summed E-state index contributed by atoms with van der Waals surface area (Å²) in [6.07, 6.45) is 1.70. The van der Waals surface area contributed by atoms with E-state index in [1.54, 1.807) is 19.1 Å². The van der Waals surface area contributed by atoms with Gasteiger partial charge in [-0.1, -0.05) is 26.5 Å². The number of carbonyl (C=O) groups excluding carboxylic acids is 4. The molecule has 1 aliphatic heterocycles. The van der Waals surface area contributed by atoms with Crippen LogP contribution in [-0.4, -0.2) is 54.2 Å². The monoisotopic (exact) mass is 420 g/mol. The summed E-state index contributed by atoms with van der Waals surface area (Å²) in [6.45, 7) is 8.20. The molecule has 1 heterocycles. The number of aliphatic hydroxyl groups is 1. The fourth-order valence-electron chi connectivity index (χ4n) is 3.48. The Balaban J connectivity index is 2.63. The zero-order chi connectivity index (χ0) is 22.4. The van der Waals surface area contributed by atoms with Crippen LogP contribution in [0.3, 0.4) is 0 Å². The summed E-state index contributed by atoms with van der Waals surface area (Å²) in [7, 11) is 0. The molecule has 1 saturated heterocycles. The Labute approximate surface area is 175 Å². The molecule has 1 fully saturated rings. The third-order valence-electron chi connectivity index (χ3n) is 5.39. The van der Waals surface area contributed by atoms with Crippen molar-refractivity contribution >= 4 is 24.2 Å². The van der Waals surface area contributed by atoms with E-state index in [0.29, 0.717) is 31.1 Å². The van der Waals surface area contributed by atoms with E-state index in [-0.39, 0.29) is 17.8 Å². The van der Waals surface area contributed by atoms with Crippen LogP contribution in [0.5, 0.6) is 0 Å². The number of rotatable bonds is 6. The topological polar surface area (TPSA) is 116 Å². The van der Waals surface area contributed by atoms with Gasteiger partial charge in [-0.25, -0.2) is 4.79 Å². The van der Waals surface area contributed by atoms with Crippen LogP contribution in [0, 0.1) is 11.8 Å². The van der Waals surface area contributed by atoms with Crippen LogP contribution >= 0.6 is 0 Å². The minimum Gasteiger partial charge on any atom is -0.457 e. The van der Waals surface area contributed by atoms with Crippen molar-refractivity contribution in [1.82, 2.24) is 0 Å². The van der Waals surface area contributed by atoms with E-state index in [1.165, 1.54) is 6.92 Å². The quantitative estimate of drug-likeness (QED) is 0.227. The molecule has 1 aliphatic carbocycles. The van der Waals surface area contributed by atoms with Gasteiger partial charge < -0.3 is 19.3 Å². The van der Waals surface area contributed by atoms with Gasteiger partial charge in [-0.15, -0.1) is 0 Å². The fourth-order valence-corrected chi connectivity index (χ4v) is 3.48. The number of carbonyl (C=O) groups is 4. The molecule has 0 bridgehead atoms. The van der Waals surface area contributed by atoms with Crippen molar-refractivity contribution in [3.05, 3.63) is 35.5 Å². The molecule has 0 radical (unpaired) electrons. The van der Waals surface area contributed by atoms with Crippen LogP contribution < -0.4 is 0 Å². The Kier molecular flexibility index (Phi) is 8.11. The van der Waals surface area contributed by atoms with Gasteiger partial charge in [0.25, 0.3) is 0 Å². The smallest absolute Gasteiger partial charge is 0.334 e. The van der Waals surface area contributed by atoms with Gasteiger partial charge in [0.15, 0.2) is 12.2 Å². The van der Waals surface area contributed by atoms with Crippen molar-refractivity contribution < 1.29 is 38.5 Å². The second-order valence-corrected chi connectivity index (χ2v) is 7.51. The Hall–Kier alpha value is -2.74. The maximum atomic E-state index is 12.6. The third-order valence-corrected chi connectivity index (χ3v) is 5.39. The van der Waals surface area contributed by atoms with Crippen molar-refractivity contribution in [2.45, 2.75) is 58.3 Å². The first-order valence-electron chi connectivity index (χ1n) is 9.96. The standard InChI is InChI=1S/C22H28O8/c1-5-12(2)21(26)30-20-18-13(3)22(27)29-17(18)9-15(10-23)7-6-8-16(11-24)19(20)28-14(4)25/h8-9,11-12,17-20,23H,3,5-7,10H2,1-2,4H3/b15-9+,16-8-/t12-,17+,18-,19-,20-/m0/s1. The summed E-state index contributed by atoms with van der Waals surface area (Å²) >= 11 is 0. The van der Waals surface area contributed by atoms with Gasteiger partial charge >= 0.3 is 17.9 Å². The van der Waals surface area contributed by atoms with Crippen molar-refractivity contribution in [1.29, 1.82) is 0 Å². The number of hydrogen-bond donors (Lipinski definition) is 1. The molecule has 1 N–H and O–H groups in total. The Morgan fingerprint density at radius 3 is 2.67 bits per heavy atom. The molecule has 0 aromatic heterocycles. The van der Waals surface area contributed by atoms with Crippen LogP contribution in [0.25, 0.3) is 0 Å². The van der Waals surface area contributed by atoms with Gasteiger partial charge in [0.05, 0.1) is 18.4 Å². The minimum absolute atomic E-state index is 0.0402. The van der Waals surface area contributed by atoms with E-state index in [1.807, 2.05) is 6.92 Å². The third kappa shape index (κ3) is 5.24. The van der Waals surface area contributed by atoms with E-state index >= 15 is 0 Å². The van der Waals surface area contributed by atoms with Gasteiger partial charge in [0.1, 0.15) is 12.4 Å². The molecule has 5 atom stereocenters. The molecule has 2 rings (SSSR count). The molecule has 8 heteroatoms. The molecule has 2 aliphatic rings. The molecule has 0 saturated carbocycles. The largest absolute Gasteiger partial charge is 0.457 e. The number of fused-ring (bicyclic) bond motifs is 1. The maximum Gasteiger partial charge on any atom is 0.334 e. The summed E-state index contributed by atoms with van der Waals surface area (Å²) in [5, 5.41) is 9.66. The summed E-state index contributed by atoms with van der Waals surface area (Å²) in [6, 6.07) is 0. The second-order valence-electron chi connectivity index (χ2n) is 7.51. The molecule has 8 nitrogen and oxygen atoms in total. The number of esters is 3. The highest BCUT2D eigenvalue weighted by molar-refractivity contribution is 5.91. The van der Waals surface area contributed by atoms with Crippen LogP contribution in [0.2, 0.25) is 0 Å². The summed E-state index contributed by atoms with van der Waals surface area (Å²) in [5.74, 6) is -3.25. The molecular formula is C22H28O8. The predicted octanol–water partition coefficient (Wildman–Crippen LogP) is 1.81. The van der Waals surface area contributed by atoms with Gasteiger partial charge in [-0.05, 0) is 30.9 Å². The van der Waals surface area contributed by atoms with Crippen molar-refractivity contribution in [2.75, 3.05) is 6.61 Å². The van der Waals surface area contributed by atoms with E-state index in [4.69, 9.17) is 14.2 Å². The fraction of sp³-hybridized carbons (Fsp3) is 0.545. The first-order valence-corrected chi connectivity index (χ1v) is 9.96. The molecule has 0 spiro atoms.